The second-order valence-electron chi connectivity index (χ2n) is 4.46. The lowest BCUT2D eigenvalue weighted by molar-refractivity contribution is -0.137. The van der Waals surface area contributed by atoms with Gasteiger partial charge < -0.3 is 15.7 Å². The number of aliphatic carboxylic acids is 1. The van der Waals surface area contributed by atoms with Gasteiger partial charge in [-0.25, -0.2) is 0 Å². The van der Waals surface area contributed by atoms with E-state index in [1.807, 2.05) is 0 Å². The summed E-state index contributed by atoms with van der Waals surface area (Å²) in [6.07, 6.45) is 0.352. The summed E-state index contributed by atoms with van der Waals surface area (Å²) in [6.45, 7) is 1.56. The number of benzene rings is 1. The maximum Gasteiger partial charge on any atom is 0.305 e. The van der Waals surface area contributed by atoms with Gasteiger partial charge in [0.2, 0.25) is 5.91 Å². The van der Waals surface area contributed by atoms with E-state index in [1.165, 1.54) is 6.07 Å². The average Bonchev–Trinajstić information content (AvgIpc) is 2.43. The number of hydrogen-bond donors (Lipinski definition) is 3. The van der Waals surface area contributed by atoms with Gasteiger partial charge in [-0.15, -0.1) is 0 Å². The molecule has 7 heteroatoms. The van der Waals surface area contributed by atoms with Crippen molar-refractivity contribution in [3.05, 3.63) is 34.9 Å². The van der Waals surface area contributed by atoms with Crippen LogP contribution in [0, 0.1) is 0 Å². The largest absolute Gasteiger partial charge is 0.481 e. The Balaban J connectivity index is 2.45. The predicted molar refractivity (Wildman–Crippen MR) is 78.3 cm³/mol. The summed E-state index contributed by atoms with van der Waals surface area (Å²) >= 11 is 5.77. The molecule has 21 heavy (non-hydrogen) atoms. The summed E-state index contributed by atoms with van der Waals surface area (Å²) in [7, 11) is 0. The number of carbonyl (C=O) groups is 3. The van der Waals surface area contributed by atoms with Gasteiger partial charge in [-0.2, -0.15) is 0 Å². The molecule has 0 aromatic heterocycles. The number of amides is 2. The zero-order valence-electron chi connectivity index (χ0n) is 11.6. The molecule has 2 amide bonds. The van der Waals surface area contributed by atoms with Crippen molar-refractivity contribution in [3.63, 3.8) is 0 Å². The molecular weight excluding hydrogens is 296 g/mol. The van der Waals surface area contributed by atoms with Crippen LogP contribution in [0.15, 0.2) is 24.3 Å². The molecule has 1 unspecified atom stereocenters. The van der Waals surface area contributed by atoms with Crippen molar-refractivity contribution < 1.29 is 19.5 Å². The van der Waals surface area contributed by atoms with Crippen molar-refractivity contribution in [1.29, 1.82) is 0 Å². The molecule has 3 N–H and O–H groups in total. The lowest BCUT2D eigenvalue weighted by Gasteiger charge is -2.15. The molecule has 1 rings (SSSR count). The highest BCUT2D eigenvalue weighted by Gasteiger charge is 2.15. The van der Waals surface area contributed by atoms with Crippen molar-refractivity contribution >= 4 is 29.4 Å². The molecule has 0 spiro atoms. The minimum Gasteiger partial charge on any atom is -0.481 e. The van der Waals surface area contributed by atoms with Crippen LogP contribution in [0.2, 0.25) is 5.02 Å². The van der Waals surface area contributed by atoms with Crippen LogP contribution in [0.5, 0.6) is 0 Å². The first-order valence-electron chi connectivity index (χ1n) is 6.47. The fraction of sp³-hybridized carbons (Fsp3) is 0.357. The first-order valence-corrected chi connectivity index (χ1v) is 6.85. The Hall–Kier alpha value is -2.08. The van der Waals surface area contributed by atoms with Gasteiger partial charge >= 0.3 is 5.97 Å². The van der Waals surface area contributed by atoms with E-state index in [-0.39, 0.29) is 13.0 Å². The molecule has 0 fully saturated rings. The molecule has 0 aliphatic rings. The Labute approximate surface area is 127 Å². The van der Waals surface area contributed by atoms with Crippen molar-refractivity contribution in [2.45, 2.75) is 25.8 Å². The number of rotatable bonds is 7. The minimum absolute atomic E-state index is 0.148. The lowest BCUT2D eigenvalue weighted by Crippen LogP contribution is -2.42. The first-order chi connectivity index (χ1) is 9.92. The minimum atomic E-state index is -0.981. The smallest absolute Gasteiger partial charge is 0.305 e. The molecule has 0 aliphatic carbocycles. The number of carboxylic acid groups (broad SMARTS) is 1. The van der Waals surface area contributed by atoms with Crippen LogP contribution in [0.3, 0.4) is 0 Å². The van der Waals surface area contributed by atoms with E-state index >= 15 is 0 Å². The number of carboxylic acids is 1. The van der Waals surface area contributed by atoms with Crippen molar-refractivity contribution in [2.24, 2.45) is 0 Å². The van der Waals surface area contributed by atoms with Crippen molar-refractivity contribution in [1.82, 2.24) is 10.6 Å². The van der Waals surface area contributed by atoms with Gasteiger partial charge in [0.25, 0.3) is 5.91 Å². The SMILES string of the molecule is CCC(CC(=O)O)NC(=O)CNC(=O)c1cccc(Cl)c1. The second kappa shape index (κ2) is 8.26. The molecule has 1 atom stereocenters. The van der Waals surface area contributed by atoms with Crippen LogP contribution < -0.4 is 10.6 Å². The molecule has 0 heterocycles. The Morgan fingerprint density at radius 3 is 2.62 bits per heavy atom. The highest BCUT2D eigenvalue weighted by molar-refractivity contribution is 6.30. The number of hydrogen-bond acceptors (Lipinski definition) is 3. The van der Waals surface area contributed by atoms with Crippen LogP contribution >= 0.6 is 11.6 Å². The van der Waals surface area contributed by atoms with Crippen LogP contribution in [0.25, 0.3) is 0 Å². The molecule has 0 radical (unpaired) electrons. The maximum atomic E-state index is 11.8. The third-order valence-corrected chi connectivity index (χ3v) is 3.01. The lowest BCUT2D eigenvalue weighted by atomic mass is 10.1. The van der Waals surface area contributed by atoms with Gasteiger partial charge in [0.05, 0.1) is 13.0 Å². The fourth-order valence-corrected chi connectivity index (χ4v) is 1.87. The summed E-state index contributed by atoms with van der Waals surface area (Å²) in [5.74, 6) is -1.83. The number of carbonyl (C=O) groups excluding carboxylic acids is 2. The van der Waals surface area contributed by atoms with Crippen molar-refractivity contribution in [2.75, 3.05) is 6.54 Å². The Kier molecular flexibility index (Phi) is 6.68. The molecule has 0 aliphatic heterocycles. The normalized spacial score (nSPS) is 11.5. The van der Waals surface area contributed by atoms with Crippen LogP contribution in [0.1, 0.15) is 30.1 Å². The molecule has 0 saturated heterocycles. The summed E-state index contributed by atoms with van der Waals surface area (Å²) in [4.78, 5) is 34.0. The van der Waals surface area contributed by atoms with E-state index in [2.05, 4.69) is 10.6 Å². The summed E-state index contributed by atoms with van der Waals surface area (Å²) in [6, 6.07) is 5.91. The monoisotopic (exact) mass is 312 g/mol. The topological polar surface area (TPSA) is 95.5 Å². The van der Waals surface area contributed by atoms with Gasteiger partial charge in [0.1, 0.15) is 0 Å². The molecule has 6 nitrogen and oxygen atoms in total. The quantitative estimate of drug-likeness (QED) is 0.710. The van der Waals surface area contributed by atoms with Gasteiger partial charge in [-0.1, -0.05) is 24.6 Å². The molecule has 0 saturated carbocycles. The van der Waals surface area contributed by atoms with Crippen LogP contribution in [-0.2, 0) is 9.59 Å². The highest BCUT2D eigenvalue weighted by atomic mass is 35.5. The highest BCUT2D eigenvalue weighted by Crippen LogP contribution is 2.10. The van der Waals surface area contributed by atoms with Crippen LogP contribution in [0.4, 0.5) is 0 Å². The molecule has 1 aromatic carbocycles. The van der Waals surface area contributed by atoms with Crippen molar-refractivity contribution in [3.8, 4) is 0 Å². The van der Waals surface area contributed by atoms with E-state index < -0.39 is 23.8 Å². The zero-order valence-corrected chi connectivity index (χ0v) is 12.3. The number of nitrogens with one attached hydrogen (secondary N) is 2. The second-order valence-corrected chi connectivity index (χ2v) is 4.90. The van der Waals surface area contributed by atoms with Gasteiger partial charge in [0.15, 0.2) is 0 Å². The van der Waals surface area contributed by atoms with Gasteiger partial charge in [-0.3, -0.25) is 14.4 Å². The third-order valence-electron chi connectivity index (χ3n) is 2.78. The Morgan fingerprint density at radius 2 is 2.05 bits per heavy atom. The Bertz CT molecular complexity index is 533. The molecule has 1 aromatic rings. The maximum absolute atomic E-state index is 11.8. The van der Waals surface area contributed by atoms with E-state index in [1.54, 1.807) is 25.1 Å². The third kappa shape index (κ3) is 6.27. The predicted octanol–water partition coefficient (Wildman–Crippen LogP) is 1.44. The van der Waals surface area contributed by atoms with Crippen LogP contribution in [-0.4, -0.2) is 35.5 Å². The van der Waals surface area contributed by atoms with E-state index in [4.69, 9.17) is 16.7 Å². The molecule has 114 valence electrons. The zero-order chi connectivity index (χ0) is 15.8. The summed E-state index contributed by atoms with van der Waals surface area (Å²) in [5.41, 5.74) is 0.355. The van der Waals surface area contributed by atoms with E-state index in [9.17, 15) is 14.4 Å². The summed E-state index contributed by atoms with van der Waals surface area (Å²) in [5, 5.41) is 14.1. The molecular formula is C14H17ClN2O4. The standard InChI is InChI=1S/C14H17ClN2O4/c1-2-11(7-13(19)20)17-12(18)8-16-14(21)9-4-3-5-10(15)6-9/h3-6,11H,2,7-8H2,1H3,(H,16,21)(H,17,18)(H,19,20). The van der Waals surface area contributed by atoms with E-state index in [0.717, 1.165) is 0 Å². The average molecular weight is 313 g/mol. The van der Waals surface area contributed by atoms with Gasteiger partial charge in [0, 0.05) is 16.6 Å². The number of halogens is 1. The van der Waals surface area contributed by atoms with Gasteiger partial charge in [-0.05, 0) is 24.6 Å². The first kappa shape index (κ1) is 17.0. The van der Waals surface area contributed by atoms with E-state index in [0.29, 0.717) is 17.0 Å². The molecule has 0 bridgehead atoms. The Morgan fingerprint density at radius 1 is 1.33 bits per heavy atom. The fourth-order valence-electron chi connectivity index (χ4n) is 1.68. The summed E-state index contributed by atoms with van der Waals surface area (Å²) < 4.78 is 0.